The quantitative estimate of drug-likeness (QED) is 0.829. The Morgan fingerprint density at radius 3 is 2.52 bits per heavy atom. The van der Waals surface area contributed by atoms with Crippen LogP contribution in [0.2, 0.25) is 0 Å². The first-order valence-electron chi connectivity index (χ1n) is 9.72. The predicted octanol–water partition coefficient (Wildman–Crippen LogP) is 3.15. The Balaban J connectivity index is 1.65. The second-order valence-corrected chi connectivity index (χ2v) is 7.19. The molecule has 7 nitrogen and oxygen atoms in total. The van der Waals surface area contributed by atoms with Crippen LogP contribution in [-0.2, 0) is 4.79 Å². The molecule has 3 rings (SSSR count). The van der Waals surface area contributed by atoms with Gasteiger partial charge in [0.25, 0.3) is 0 Å². The molecule has 27 heavy (non-hydrogen) atoms. The van der Waals surface area contributed by atoms with E-state index in [4.69, 9.17) is 9.47 Å². The first-order valence-corrected chi connectivity index (χ1v) is 9.72. The van der Waals surface area contributed by atoms with Crippen molar-refractivity contribution < 1.29 is 19.1 Å². The number of rotatable bonds is 5. The van der Waals surface area contributed by atoms with Gasteiger partial charge >= 0.3 is 6.03 Å². The summed E-state index contributed by atoms with van der Waals surface area (Å²) in [4.78, 5) is 27.2. The van der Waals surface area contributed by atoms with E-state index in [-0.39, 0.29) is 18.0 Å². The van der Waals surface area contributed by atoms with E-state index in [0.29, 0.717) is 30.2 Å². The summed E-state index contributed by atoms with van der Waals surface area (Å²) in [5.74, 6) is 0.989. The van der Waals surface area contributed by atoms with Crippen molar-refractivity contribution in [1.82, 2.24) is 10.2 Å². The third kappa shape index (κ3) is 4.64. The number of nitrogens with zero attached hydrogens (tertiary/aromatic N) is 1. The van der Waals surface area contributed by atoms with E-state index >= 15 is 0 Å². The lowest BCUT2D eigenvalue weighted by molar-refractivity contribution is -0.119. The van der Waals surface area contributed by atoms with Crippen LogP contribution in [0.3, 0.4) is 0 Å². The van der Waals surface area contributed by atoms with E-state index in [1.165, 1.54) is 6.42 Å². The lowest BCUT2D eigenvalue weighted by Gasteiger charge is -2.29. The molecule has 2 fully saturated rings. The summed E-state index contributed by atoms with van der Waals surface area (Å²) in [5, 5.41) is 6.01. The summed E-state index contributed by atoms with van der Waals surface area (Å²) in [6, 6.07) is 4.87. The molecule has 1 heterocycles. The van der Waals surface area contributed by atoms with Gasteiger partial charge in [0.15, 0.2) is 0 Å². The molecule has 0 bridgehead atoms. The Morgan fingerprint density at radius 2 is 1.81 bits per heavy atom. The van der Waals surface area contributed by atoms with Gasteiger partial charge in [0.2, 0.25) is 5.91 Å². The maximum absolute atomic E-state index is 12.9. The van der Waals surface area contributed by atoms with E-state index in [2.05, 4.69) is 10.6 Å². The third-order valence-corrected chi connectivity index (χ3v) is 5.41. The minimum atomic E-state index is -0.468. The van der Waals surface area contributed by atoms with Crippen molar-refractivity contribution in [2.45, 2.75) is 57.0 Å². The standard InChI is InChI=1S/C20H29N3O4/c1-26-15-10-11-18(27-2)16(13-15)22-19(24)17-9-6-12-23(17)20(25)21-14-7-4-3-5-8-14/h10-11,13-14,17H,3-9,12H2,1-2H3,(H,21,25)(H,22,24)/t17-/m1/s1. The number of anilines is 1. The number of methoxy groups -OCH3 is 2. The fraction of sp³-hybridized carbons (Fsp3) is 0.600. The number of ether oxygens (including phenoxy) is 2. The van der Waals surface area contributed by atoms with Gasteiger partial charge in [-0.3, -0.25) is 4.79 Å². The molecule has 0 radical (unpaired) electrons. The van der Waals surface area contributed by atoms with Crippen molar-refractivity contribution in [3.8, 4) is 11.5 Å². The molecule has 0 spiro atoms. The number of amides is 3. The van der Waals surface area contributed by atoms with Gasteiger partial charge in [-0.2, -0.15) is 0 Å². The van der Waals surface area contributed by atoms with Gasteiger partial charge in [0.1, 0.15) is 17.5 Å². The Bertz CT molecular complexity index is 673. The highest BCUT2D eigenvalue weighted by atomic mass is 16.5. The van der Waals surface area contributed by atoms with Crippen molar-refractivity contribution >= 4 is 17.6 Å². The topological polar surface area (TPSA) is 79.9 Å². The number of carbonyl (C=O) groups excluding carboxylic acids is 2. The van der Waals surface area contributed by atoms with Crippen LogP contribution in [0.5, 0.6) is 11.5 Å². The molecule has 3 amide bonds. The number of benzene rings is 1. The summed E-state index contributed by atoms with van der Waals surface area (Å²) in [6.07, 6.45) is 7.09. The monoisotopic (exact) mass is 375 g/mol. The Morgan fingerprint density at radius 1 is 1.04 bits per heavy atom. The first kappa shape index (κ1) is 19.3. The van der Waals surface area contributed by atoms with Crippen LogP contribution in [0.1, 0.15) is 44.9 Å². The highest BCUT2D eigenvalue weighted by Gasteiger charge is 2.35. The smallest absolute Gasteiger partial charge is 0.318 e. The largest absolute Gasteiger partial charge is 0.497 e. The first-order chi connectivity index (χ1) is 13.1. The van der Waals surface area contributed by atoms with Crippen LogP contribution in [0.25, 0.3) is 0 Å². The van der Waals surface area contributed by atoms with Crippen molar-refractivity contribution in [2.75, 3.05) is 26.1 Å². The van der Waals surface area contributed by atoms with Gasteiger partial charge in [-0.15, -0.1) is 0 Å². The molecule has 1 aromatic carbocycles. The lowest BCUT2D eigenvalue weighted by Crippen LogP contribution is -2.50. The van der Waals surface area contributed by atoms with Crippen LogP contribution >= 0.6 is 0 Å². The molecule has 2 aliphatic rings. The average Bonchev–Trinajstić information content (AvgIpc) is 3.19. The minimum Gasteiger partial charge on any atom is -0.497 e. The van der Waals surface area contributed by atoms with Crippen molar-refractivity contribution in [2.24, 2.45) is 0 Å². The van der Waals surface area contributed by atoms with E-state index in [0.717, 1.165) is 32.1 Å². The molecule has 0 aromatic heterocycles. The van der Waals surface area contributed by atoms with Gasteiger partial charge < -0.3 is 25.0 Å². The van der Waals surface area contributed by atoms with E-state index in [1.807, 2.05) is 0 Å². The van der Waals surface area contributed by atoms with E-state index < -0.39 is 6.04 Å². The van der Waals surface area contributed by atoms with Crippen LogP contribution in [-0.4, -0.2) is 49.7 Å². The second kappa shape index (κ2) is 8.97. The summed E-state index contributed by atoms with van der Waals surface area (Å²) in [7, 11) is 3.12. The molecule has 1 atom stereocenters. The van der Waals surface area contributed by atoms with Crippen LogP contribution in [0, 0.1) is 0 Å². The SMILES string of the molecule is COc1ccc(OC)c(NC(=O)[C@H]2CCCN2C(=O)NC2CCCCC2)c1. The van der Waals surface area contributed by atoms with Crippen molar-refractivity contribution in [3.63, 3.8) is 0 Å². The maximum atomic E-state index is 12.9. The predicted molar refractivity (Wildman–Crippen MR) is 103 cm³/mol. The van der Waals surface area contributed by atoms with Crippen molar-refractivity contribution in [1.29, 1.82) is 0 Å². The second-order valence-electron chi connectivity index (χ2n) is 7.19. The fourth-order valence-corrected chi connectivity index (χ4v) is 3.91. The summed E-state index contributed by atoms with van der Waals surface area (Å²) in [5.41, 5.74) is 0.543. The Hall–Kier alpha value is -2.44. The molecule has 0 unspecified atom stereocenters. The maximum Gasteiger partial charge on any atom is 0.318 e. The molecule has 1 aromatic rings. The third-order valence-electron chi connectivity index (χ3n) is 5.41. The minimum absolute atomic E-state index is 0.128. The van der Waals surface area contributed by atoms with Crippen LogP contribution < -0.4 is 20.1 Å². The molecule has 1 saturated heterocycles. The van der Waals surface area contributed by atoms with Gasteiger partial charge in [-0.1, -0.05) is 19.3 Å². The molecule has 1 saturated carbocycles. The molecule has 2 N–H and O–H groups in total. The van der Waals surface area contributed by atoms with Gasteiger partial charge in [0, 0.05) is 18.7 Å². The van der Waals surface area contributed by atoms with Gasteiger partial charge in [-0.25, -0.2) is 4.79 Å². The molecule has 1 aliphatic heterocycles. The zero-order chi connectivity index (χ0) is 19.2. The van der Waals surface area contributed by atoms with Crippen LogP contribution in [0.15, 0.2) is 18.2 Å². The fourth-order valence-electron chi connectivity index (χ4n) is 3.91. The molecule has 1 aliphatic carbocycles. The number of urea groups is 1. The summed E-state index contributed by atoms with van der Waals surface area (Å²) < 4.78 is 10.5. The summed E-state index contributed by atoms with van der Waals surface area (Å²) in [6.45, 7) is 0.603. The zero-order valence-electron chi connectivity index (χ0n) is 16.1. The molecule has 148 valence electrons. The molecular weight excluding hydrogens is 346 g/mol. The Labute approximate surface area is 160 Å². The van der Waals surface area contributed by atoms with Crippen LogP contribution in [0.4, 0.5) is 10.5 Å². The molecule has 7 heteroatoms. The summed E-state index contributed by atoms with van der Waals surface area (Å²) >= 11 is 0. The highest BCUT2D eigenvalue weighted by Crippen LogP contribution is 2.30. The van der Waals surface area contributed by atoms with Crippen molar-refractivity contribution in [3.05, 3.63) is 18.2 Å². The number of hydrogen-bond acceptors (Lipinski definition) is 4. The number of likely N-dealkylation sites (tertiary alicyclic amines) is 1. The molecular formula is C20H29N3O4. The van der Waals surface area contributed by atoms with Gasteiger partial charge in [0.05, 0.1) is 19.9 Å². The number of hydrogen-bond donors (Lipinski definition) is 2. The lowest BCUT2D eigenvalue weighted by atomic mass is 9.96. The average molecular weight is 375 g/mol. The number of carbonyl (C=O) groups is 2. The van der Waals surface area contributed by atoms with E-state index in [9.17, 15) is 9.59 Å². The zero-order valence-corrected chi connectivity index (χ0v) is 16.1. The van der Waals surface area contributed by atoms with Gasteiger partial charge in [-0.05, 0) is 37.8 Å². The number of nitrogens with one attached hydrogen (secondary N) is 2. The highest BCUT2D eigenvalue weighted by molar-refractivity contribution is 5.98. The Kier molecular flexibility index (Phi) is 6.42. The van der Waals surface area contributed by atoms with E-state index in [1.54, 1.807) is 37.3 Å². The normalized spacial score (nSPS) is 20.2.